The Kier molecular flexibility index (Phi) is 8.13. The van der Waals surface area contributed by atoms with Crippen molar-refractivity contribution in [2.75, 3.05) is 58.7 Å². The number of ether oxygens (including phenoxy) is 2. The molecule has 34 heavy (non-hydrogen) atoms. The number of morpholine rings is 2. The lowest BCUT2D eigenvalue weighted by Gasteiger charge is -2.46. The Labute approximate surface area is 201 Å². The summed E-state index contributed by atoms with van der Waals surface area (Å²) < 4.78 is 38.0. The zero-order valence-electron chi connectivity index (χ0n) is 19.4. The van der Waals surface area contributed by atoms with E-state index in [1.165, 1.54) is 16.1 Å². The molecule has 2 saturated heterocycles. The molecule has 9 nitrogen and oxygen atoms in total. The number of nitriles is 1. The van der Waals surface area contributed by atoms with Gasteiger partial charge in [0.2, 0.25) is 10.0 Å². The van der Waals surface area contributed by atoms with Gasteiger partial charge in [-0.3, -0.25) is 14.8 Å². The van der Waals surface area contributed by atoms with Gasteiger partial charge in [-0.25, -0.2) is 8.42 Å². The molecule has 2 aliphatic heterocycles. The SMILES string of the molecule is CS(=O)(=O)N(CCOc1ccc(C#N)cc1)CCN1CC2CN(Cc3ccncc3)CC(C1)O2. The molecule has 2 bridgehead atoms. The molecule has 2 fully saturated rings. The second kappa shape index (κ2) is 11.3. The third-order valence-corrected chi connectivity index (χ3v) is 7.42. The molecule has 1 aromatic carbocycles. The molecule has 0 aliphatic carbocycles. The summed E-state index contributed by atoms with van der Waals surface area (Å²) in [5.74, 6) is 0.616. The minimum absolute atomic E-state index is 0.126. The summed E-state index contributed by atoms with van der Waals surface area (Å²) in [6, 6.07) is 12.9. The van der Waals surface area contributed by atoms with Crippen LogP contribution in [0.15, 0.2) is 48.8 Å². The van der Waals surface area contributed by atoms with Gasteiger partial charge in [-0.2, -0.15) is 9.57 Å². The van der Waals surface area contributed by atoms with Crippen LogP contribution in [0.3, 0.4) is 0 Å². The molecular formula is C24H31N5O4S. The van der Waals surface area contributed by atoms with Gasteiger partial charge in [0, 0.05) is 64.8 Å². The fraction of sp³-hybridized carbons (Fsp3) is 0.500. The van der Waals surface area contributed by atoms with Gasteiger partial charge < -0.3 is 9.47 Å². The molecule has 1 aromatic heterocycles. The van der Waals surface area contributed by atoms with Crippen molar-refractivity contribution in [1.82, 2.24) is 19.1 Å². The standard InChI is InChI=1S/C24H31N5O4S/c1-34(30,31)29(12-13-32-22-4-2-20(14-25)3-5-22)11-10-27-16-23-18-28(19-24(17-27)33-23)15-21-6-8-26-9-7-21/h2-9,23-24H,10-13,15-19H2,1H3. The van der Waals surface area contributed by atoms with Gasteiger partial charge in [0.25, 0.3) is 0 Å². The van der Waals surface area contributed by atoms with E-state index in [1.54, 1.807) is 24.3 Å². The predicted octanol–water partition coefficient (Wildman–Crippen LogP) is 1.18. The summed E-state index contributed by atoms with van der Waals surface area (Å²) in [5.41, 5.74) is 1.81. The van der Waals surface area contributed by atoms with Crippen molar-refractivity contribution in [1.29, 1.82) is 5.26 Å². The quantitative estimate of drug-likeness (QED) is 0.495. The molecule has 2 aromatic rings. The monoisotopic (exact) mass is 485 g/mol. The average molecular weight is 486 g/mol. The van der Waals surface area contributed by atoms with Gasteiger partial charge in [-0.15, -0.1) is 0 Å². The first-order valence-electron chi connectivity index (χ1n) is 11.5. The maximum absolute atomic E-state index is 12.3. The fourth-order valence-corrected chi connectivity index (χ4v) is 5.33. The van der Waals surface area contributed by atoms with Crippen LogP contribution >= 0.6 is 0 Å². The van der Waals surface area contributed by atoms with Gasteiger partial charge >= 0.3 is 0 Å². The van der Waals surface area contributed by atoms with Crippen LogP contribution in [0, 0.1) is 11.3 Å². The van der Waals surface area contributed by atoms with Crippen molar-refractivity contribution in [3.05, 3.63) is 59.9 Å². The Morgan fingerprint density at radius 2 is 1.71 bits per heavy atom. The van der Waals surface area contributed by atoms with Gasteiger partial charge in [-0.05, 0) is 42.0 Å². The smallest absolute Gasteiger partial charge is 0.211 e. The number of nitrogens with zero attached hydrogens (tertiary/aromatic N) is 5. The molecular weight excluding hydrogens is 454 g/mol. The Morgan fingerprint density at radius 3 is 2.32 bits per heavy atom. The van der Waals surface area contributed by atoms with Crippen LogP contribution in [0.25, 0.3) is 0 Å². The lowest BCUT2D eigenvalue weighted by atomic mass is 10.1. The molecule has 0 radical (unpaired) electrons. The zero-order valence-corrected chi connectivity index (χ0v) is 20.2. The molecule has 2 unspecified atom stereocenters. The second-order valence-corrected chi connectivity index (χ2v) is 10.8. The number of sulfonamides is 1. The molecule has 0 amide bonds. The Hall–Kier alpha value is -2.55. The Bertz CT molecular complexity index is 1060. The highest BCUT2D eigenvalue weighted by molar-refractivity contribution is 7.88. The number of benzene rings is 1. The van der Waals surface area contributed by atoms with Crippen LogP contribution in [0.2, 0.25) is 0 Å². The highest BCUT2D eigenvalue weighted by Crippen LogP contribution is 2.21. The van der Waals surface area contributed by atoms with Crippen LogP contribution < -0.4 is 4.74 Å². The largest absolute Gasteiger partial charge is 0.492 e. The van der Waals surface area contributed by atoms with E-state index in [0.29, 0.717) is 24.4 Å². The first kappa shape index (κ1) is 24.6. The first-order valence-corrected chi connectivity index (χ1v) is 13.3. The van der Waals surface area contributed by atoms with Crippen LogP contribution in [0.1, 0.15) is 11.1 Å². The van der Waals surface area contributed by atoms with E-state index in [0.717, 1.165) is 32.7 Å². The van der Waals surface area contributed by atoms with Crippen molar-refractivity contribution >= 4 is 10.0 Å². The summed E-state index contributed by atoms with van der Waals surface area (Å²) in [6.45, 7) is 5.80. The van der Waals surface area contributed by atoms with Crippen LogP contribution in [-0.2, 0) is 21.3 Å². The average Bonchev–Trinajstić information content (AvgIpc) is 2.81. The van der Waals surface area contributed by atoms with Crippen molar-refractivity contribution in [3.8, 4) is 11.8 Å². The summed E-state index contributed by atoms with van der Waals surface area (Å²) in [4.78, 5) is 8.82. The van der Waals surface area contributed by atoms with Crippen molar-refractivity contribution in [2.45, 2.75) is 18.8 Å². The normalized spacial score (nSPS) is 21.3. The maximum atomic E-state index is 12.3. The first-order chi connectivity index (χ1) is 16.4. The number of hydrogen-bond donors (Lipinski definition) is 0. The van der Waals surface area contributed by atoms with Crippen molar-refractivity contribution in [2.24, 2.45) is 0 Å². The predicted molar refractivity (Wildman–Crippen MR) is 128 cm³/mol. The van der Waals surface area contributed by atoms with E-state index in [9.17, 15) is 8.42 Å². The molecule has 182 valence electrons. The van der Waals surface area contributed by atoms with Crippen LogP contribution in [-0.4, -0.2) is 98.4 Å². The highest BCUT2D eigenvalue weighted by atomic mass is 32.2. The van der Waals surface area contributed by atoms with Crippen LogP contribution in [0.4, 0.5) is 0 Å². The van der Waals surface area contributed by atoms with E-state index >= 15 is 0 Å². The lowest BCUT2D eigenvalue weighted by molar-refractivity contribution is -0.140. The highest BCUT2D eigenvalue weighted by Gasteiger charge is 2.35. The summed E-state index contributed by atoms with van der Waals surface area (Å²) >= 11 is 0. The molecule has 0 saturated carbocycles. The number of rotatable bonds is 10. The number of pyridine rings is 1. The van der Waals surface area contributed by atoms with E-state index in [2.05, 4.69) is 20.9 Å². The molecule has 2 aliphatic rings. The zero-order chi connectivity index (χ0) is 24.0. The summed E-state index contributed by atoms with van der Waals surface area (Å²) in [5, 5.41) is 8.88. The molecule has 4 rings (SSSR count). The number of fused-ring (bicyclic) bond motifs is 2. The van der Waals surface area contributed by atoms with Gasteiger partial charge in [0.1, 0.15) is 12.4 Å². The Morgan fingerprint density at radius 1 is 1.06 bits per heavy atom. The van der Waals surface area contributed by atoms with Crippen LogP contribution in [0.5, 0.6) is 5.75 Å². The van der Waals surface area contributed by atoms with Gasteiger partial charge in [0.15, 0.2) is 0 Å². The summed E-state index contributed by atoms with van der Waals surface area (Å²) in [7, 11) is -3.35. The van der Waals surface area contributed by atoms with Crippen molar-refractivity contribution < 1.29 is 17.9 Å². The maximum Gasteiger partial charge on any atom is 0.211 e. The van der Waals surface area contributed by atoms with E-state index in [4.69, 9.17) is 14.7 Å². The number of aromatic nitrogens is 1. The molecule has 0 spiro atoms. The van der Waals surface area contributed by atoms with Gasteiger partial charge in [-0.1, -0.05) is 0 Å². The summed E-state index contributed by atoms with van der Waals surface area (Å²) in [6.07, 6.45) is 5.13. The fourth-order valence-electron chi connectivity index (χ4n) is 4.51. The topological polar surface area (TPSA) is 99.0 Å². The van der Waals surface area contributed by atoms with E-state index in [-0.39, 0.29) is 25.4 Å². The second-order valence-electron chi connectivity index (χ2n) is 8.84. The molecule has 3 heterocycles. The van der Waals surface area contributed by atoms with E-state index < -0.39 is 10.0 Å². The van der Waals surface area contributed by atoms with E-state index in [1.807, 2.05) is 24.5 Å². The van der Waals surface area contributed by atoms with Gasteiger partial charge in [0.05, 0.1) is 30.1 Å². The number of hydrogen-bond acceptors (Lipinski definition) is 8. The molecule has 2 atom stereocenters. The third kappa shape index (κ3) is 6.98. The van der Waals surface area contributed by atoms with Crippen molar-refractivity contribution in [3.63, 3.8) is 0 Å². The Balaban J connectivity index is 1.24. The third-order valence-electron chi connectivity index (χ3n) is 6.12. The molecule has 10 heteroatoms. The lowest BCUT2D eigenvalue weighted by Crippen LogP contribution is -2.60. The molecule has 0 N–H and O–H groups in total. The minimum Gasteiger partial charge on any atom is -0.492 e. The minimum atomic E-state index is -3.35.